The van der Waals surface area contributed by atoms with Crippen LogP contribution in [0.15, 0.2) is 36.4 Å². The maximum absolute atomic E-state index is 13.3. The Labute approximate surface area is 221 Å². The lowest BCUT2D eigenvalue weighted by Crippen LogP contribution is -2.57. The first-order valence-corrected chi connectivity index (χ1v) is 12.6. The van der Waals surface area contributed by atoms with E-state index in [0.29, 0.717) is 28.7 Å². The van der Waals surface area contributed by atoms with E-state index in [9.17, 15) is 24.6 Å². The summed E-state index contributed by atoms with van der Waals surface area (Å²) in [5, 5.41) is 29.0. The van der Waals surface area contributed by atoms with Gasteiger partial charge in [-0.3, -0.25) is 14.4 Å². The van der Waals surface area contributed by atoms with Gasteiger partial charge in [0.2, 0.25) is 17.7 Å². The van der Waals surface area contributed by atoms with Gasteiger partial charge in [-0.05, 0) is 65.9 Å². The quantitative estimate of drug-likeness (QED) is 0.199. The van der Waals surface area contributed by atoms with Gasteiger partial charge in [-0.1, -0.05) is 12.1 Å². The number of carbonyl (C=O) groups excluding carboxylic acids is 3. The first kappa shape index (κ1) is 28.9. The molecule has 38 heavy (non-hydrogen) atoms. The fourth-order valence-corrected chi connectivity index (χ4v) is 4.20. The first-order chi connectivity index (χ1) is 18.1. The van der Waals surface area contributed by atoms with Gasteiger partial charge in [0.05, 0.1) is 6.04 Å². The van der Waals surface area contributed by atoms with E-state index in [1.807, 2.05) is 0 Å². The second kappa shape index (κ2) is 13.2. The first-order valence-electron chi connectivity index (χ1n) is 12.6. The minimum absolute atomic E-state index is 0.0219. The highest BCUT2D eigenvalue weighted by Gasteiger charge is 2.29. The summed E-state index contributed by atoms with van der Waals surface area (Å²) >= 11 is 0. The summed E-state index contributed by atoms with van der Waals surface area (Å²) in [6.45, 7) is 0.530. The molecule has 3 rings (SSSR count). The van der Waals surface area contributed by atoms with Crippen molar-refractivity contribution in [3.63, 3.8) is 0 Å². The number of amides is 3. The standard InChI is InChI=1S/C26H37N7O5/c27-7-1-2-20-26(38)33-21(25(37)31-13-18(29)12-28)11-17-9-15(4-6-23(17)35)14-3-5-22(34)16(8-14)10-19(30)24(36)32-20/h3-6,8-9,18-21,34-35H,1-2,7,10-13,27-30H2,(H,31,37)(H,32,36)(H,33,38)/t18-,19-,20-,21-/m0/s1. The van der Waals surface area contributed by atoms with Crippen LogP contribution >= 0.6 is 0 Å². The SMILES string of the molecule is NCCC[C@@H]1NC(=O)[C@@H](N)Cc2cc(ccc2O)-c2ccc(O)c(c2)C[C@@H](C(=O)NC[C@@H](N)CN)NC1=O. The van der Waals surface area contributed by atoms with Gasteiger partial charge in [0.1, 0.15) is 23.6 Å². The predicted octanol–water partition coefficient (Wildman–Crippen LogP) is -1.70. The number of phenolic OH excluding ortho intramolecular Hbond substituents is 2. The van der Waals surface area contributed by atoms with Crippen molar-refractivity contribution in [2.24, 2.45) is 22.9 Å². The minimum Gasteiger partial charge on any atom is -0.508 e. The number of fused-ring (bicyclic) bond motifs is 5. The Bertz CT molecular complexity index is 1160. The third kappa shape index (κ3) is 7.42. The average Bonchev–Trinajstić information content (AvgIpc) is 2.90. The molecular weight excluding hydrogens is 490 g/mol. The molecule has 12 heteroatoms. The molecule has 206 valence electrons. The van der Waals surface area contributed by atoms with Crippen molar-refractivity contribution < 1.29 is 24.6 Å². The number of phenols is 2. The molecule has 1 aliphatic heterocycles. The molecular formula is C26H37N7O5. The zero-order chi connectivity index (χ0) is 27.8. The Balaban J connectivity index is 2.06. The largest absolute Gasteiger partial charge is 0.508 e. The third-order valence-corrected chi connectivity index (χ3v) is 6.50. The van der Waals surface area contributed by atoms with Crippen LogP contribution in [0.3, 0.4) is 0 Å². The van der Waals surface area contributed by atoms with E-state index in [0.717, 1.165) is 0 Å². The summed E-state index contributed by atoms with van der Waals surface area (Å²) in [5.41, 5.74) is 25.4. The Kier molecular flexibility index (Phi) is 10.0. The number of aromatic hydroxyl groups is 2. The lowest BCUT2D eigenvalue weighted by molar-refractivity contribution is -0.132. The number of benzene rings is 2. The molecule has 0 saturated heterocycles. The maximum Gasteiger partial charge on any atom is 0.243 e. The van der Waals surface area contributed by atoms with Crippen LogP contribution in [0.25, 0.3) is 11.1 Å². The van der Waals surface area contributed by atoms with Gasteiger partial charge >= 0.3 is 0 Å². The van der Waals surface area contributed by atoms with Crippen LogP contribution in [0.5, 0.6) is 11.5 Å². The van der Waals surface area contributed by atoms with Gasteiger partial charge in [-0.15, -0.1) is 0 Å². The topological polar surface area (TPSA) is 232 Å². The summed E-state index contributed by atoms with van der Waals surface area (Å²) in [7, 11) is 0. The maximum atomic E-state index is 13.3. The van der Waals surface area contributed by atoms with Crippen molar-refractivity contribution in [3.05, 3.63) is 47.5 Å². The normalized spacial score (nSPS) is 20.9. The van der Waals surface area contributed by atoms with Crippen molar-refractivity contribution in [2.75, 3.05) is 19.6 Å². The van der Waals surface area contributed by atoms with Crippen LogP contribution in [-0.4, -0.2) is 71.7 Å². The van der Waals surface area contributed by atoms with Gasteiger partial charge < -0.3 is 49.1 Å². The van der Waals surface area contributed by atoms with Crippen molar-refractivity contribution in [2.45, 2.75) is 49.9 Å². The lowest BCUT2D eigenvalue weighted by atomic mass is 9.95. The Hall–Kier alpha value is -3.71. The van der Waals surface area contributed by atoms with Gasteiger partial charge in [-0.2, -0.15) is 0 Å². The van der Waals surface area contributed by atoms with E-state index >= 15 is 0 Å². The number of carbonyl (C=O) groups is 3. The van der Waals surface area contributed by atoms with Crippen molar-refractivity contribution in [3.8, 4) is 22.6 Å². The zero-order valence-corrected chi connectivity index (χ0v) is 21.2. The molecule has 0 spiro atoms. The Morgan fingerprint density at radius 1 is 0.974 bits per heavy atom. The van der Waals surface area contributed by atoms with Crippen LogP contribution < -0.4 is 38.9 Å². The second-order valence-corrected chi connectivity index (χ2v) is 9.50. The fraction of sp³-hybridized carbons (Fsp3) is 0.423. The molecule has 1 heterocycles. The Morgan fingerprint density at radius 2 is 1.58 bits per heavy atom. The molecule has 12 nitrogen and oxygen atoms in total. The molecule has 0 aliphatic carbocycles. The average molecular weight is 528 g/mol. The highest BCUT2D eigenvalue weighted by molar-refractivity contribution is 5.93. The van der Waals surface area contributed by atoms with E-state index in [-0.39, 0.29) is 50.4 Å². The molecule has 2 aromatic carbocycles. The van der Waals surface area contributed by atoms with Crippen LogP contribution in [0.2, 0.25) is 0 Å². The van der Waals surface area contributed by atoms with E-state index < -0.39 is 41.9 Å². The molecule has 2 aromatic rings. The molecule has 0 aromatic heterocycles. The molecule has 0 unspecified atom stereocenters. The fourth-order valence-electron chi connectivity index (χ4n) is 4.20. The van der Waals surface area contributed by atoms with Crippen LogP contribution in [-0.2, 0) is 27.2 Å². The lowest BCUT2D eigenvalue weighted by Gasteiger charge is -2.25. The number of nitrogens with two attached hydrogens (primary N) is 4. The molecule has 1 aliphatic rings. The highest BCUT2D eigenvalue weighted by Crippen LogP contribution is 2.30. The Morgan fingerprint density at radius 3 is 2.16 bits per heavy atom. The molecule has 0 radical (unpaired) electrons. The second-order valence-electron chi connectivity index (χ2n) is 9.50. The number of hydrogen-bond donors (Lipinski definition) is 9. The van der Waals surface area contributed by atoms with Crippen LogP contribution in [0, 0.1) is 0 Å². The predicted molar refractivity (Wildman–Crippen MR) is 143 cm³/mol. The summed E-state index contributed by atoms with van der Waals surface area (Å²) in [5.74, 6) is -1.79. The van der Waals surface area contributed by atoms with Gasteiger partial charge in [0.25, 0.3) is 0 Å². The molecule has 0 fully saturated rings. The molecule has 13 N–H and O–H groups in total. The number of nitrogens with one attached hydrogen (secondary N) is 3. The highest BCUT2D eigenvalue weighted by atomic mass is 16.3. The smallest absolute Gasteiger partial charge is 0.243 e. The molecule has 4 atom stereocenters. The van der Waals surface area contributed by atoms with Crippen molar-refractivity contribution in [1.82, 2.24) is 16.0 Å². The van der Waals surface area contributed by atoms with Crippen LogP contribution in [0.4, 0.5) is 0 Å². The number of hydrogen-bond acceptors (Lipinski definition) is 9. The summed E-state index contributed by atoms with van der Waals surface area (Å²) in [6.07, 6.45) is 0.626. The van der Waals surface area contributed by atoms with E-state index in [1.165, 1.54) is 12.1 Å². The zero-order valence-electron chi connectivity index (χ0n) is 21.2. The third-order valence-electron chi connectivity index (χ3n) is 6.50. The van der Waals surface area contributed by atoms with Gasteiger partial charge in [-0.25, -0.2) is 0 Å². The molecule has 0 saturated carbocycles. The van der Waals surface area contributed by atoms with Crippen LogP contribution in [0.1, 0.15) is 24.0 Å². The van der Waals surface area contributed by atoms with Crippen molar-refractivity contribution in [1.29, 1.82) is 0 Å². The monoisotopic (exact) mass is 527 g/mol. The van der Waals surface area contributed by atoms with Crippen molar-refractivity contribution >= 4 is 17.7 Å². The molecule has 4 bridgehead atoms. The molecule has 3 amide bonds. The van der Waals surface area contributed by atoms with E-state index in [2.05, 4.69) is 16.0 Å². The van der Waals surface area contributed by atoms with E-state index in [1.54, 1.807) is 24.3 Å². The van der Waals surface area contributed by atoms with Gasteiger partial charge in [0.15, 0.2) is 0 Å². The minimum atomic E-state index is -1.10. The van der Waals surface area contributed by atoms with Gasteiger partial charge in [0, 0.05) is 32.0 Å². The summed E-state index contributed by atoms with van der Waals surface area (Å²) < 4.78 is 0. The summed E-state index contributed by atoms with van der Waals surface area (Å²) in [6, 6.07) is 6.17. The van der Waals surface area contributed by atoms with E-state index in [4.69, 9.17) is 22.9 Å². The summed E-state index contributed by atoms with van der Waals surface area (Å²) in [4.78, 5) is 39.4. The number of rotatable bonds is 7.